The van der Waals surface area contributed by atoms with Gasteiger partial charge < -0.3 is 4.52 Å². The monoisotopic (exact) mass is 286 g/mol. The van der Waals surface area contributed by atoms with Crippen LogP contribution in [0.5, 0.6) is 0 Å². The van der Waals surface area contributed by atoms with Crippen molar-refractivity contribution in [2.24, 2.45) is 0 Å². The Morgan fingerprint density at radius 2 is 2.29 bits per heavy atom. The molecular formula is C16H22N4O. The lowest BCUT2D eigenvalue weighted by atomic mass is 10.2. The zero-order chi connectivity index (χ0) is 14.7. The van der Waals surface area contributed by atoms with Crippen LogP contribution >= 0.6 is 0 Å². The number of hydrogen-bond acceptors (Lipinski definition) is 5. The van der Waals surface area contributed by atoms with Crippen LogP contribution in [0.3, 0.4) is 0 Å². The smallest absolute Gasteiger partial charge is 0.244 e. The van der Waals surface area contributed by atoms with Crippen LogP contribution in [0.4, 0.5) is 0 Å². The van der Waals surface area contributed by atoms with E-state index in [1.165, 1.54) is 6.42 Å². The summed E-state index contributed by atoms with van der Waals surface area (Å²) in [5.74, 6) is 1.89. The summed E-state index contributed by atoms with van der Waals surface area (Å²) in [5, 5.41) is 4.09. The number of likely N-dealkylation sites (tertiary alicyclic amines) is 1. The highest BCUT2D eigenvalue weighted by Gasteiger charge is 2.30. The molecule has 0 amide bonds. The first kappa shape index (κ1) is 14.2. The van der Waals surface area contributed by atoms with E-state index in [2.05, 4.69) is 39.9 Å². The highest BCUT2D eigenvalue weighted by Crippen LogP contribution is 2.31. The van der Waals surface area contributed by atoms with Gasteiger partial charge in [0.25, 0.3) is 0 Å². The largest absolute Gasteiger partial charge is 0.338 e. The van der Waals surface area contributed by atoms with Crippen LogP contribution in [0, 0.1) is 0 Å². The van der Waals surface area contributed by atoms with Crippen molar-refractivity contribution in [3.8, 4) is 0 Å². The molecule has 1 aliphatic heterocycles. The molecule has 5 nitrogen and oxygen atoms in total. The van der Waals surface area contributed by atoms with Crippen molar-refractivity contribution >= 4 is 0 Å². The van der Waals surface area contributed by atoms with E-state index in [1.54, 1.807) is 0 Å². The van der Waals surface area contributed by atoms with Gasteiger partial charge in [-0.2, -0.15) is 4.98 Å². The van der Waals surface area contributed by atoms with E-state index in [4.69, 9.17) is 4.52 Å². The SMILES string of the molecule is CC(C)c1noc([C@@H]2CCCN2CCc2ccccn2)n1. The fraction of sp³-hybridized carbons (Fsp3) is 0.562. The molecule has 1 aliphatic rings. The molecule has 0 spiro atoms. The maximum absolute atomic E-state index is 5.47. The van der Waals surface area contributed by atoms with Crippen molar-refractivity contribution in [3.63, 3.8) is 0 Å². The third-order valence-corrected chi connectivity index (χ3v) is 4.00. The average molecular weight is 286 g/mol. The molecule has 3 rings (SSSR count). The molecule has 0 N–H and O–H groups in total. The maximum atomic E-state index is 5.47. The second-order valence-corrected chi connectivity index (χ2v) is 5.91. The Hall–Kier alpha value is -1.75. The fourth-order valence-corrected chi connectivity index (χ4v) is 2.79. The van der Waals surface area contributed by atoms with Crippen LogP contribution in [-0.2, 0) is 6.42 Å². The zero-order valence-electron chi connectivity index (χ0n) is 12.7. The van der Waals surface area contributed by atoms with Crippen molar-refractivity contribution in [2.45, 2.75) is 45.1 Å². The predicted octanol–water partition coefficient (Wildman–Crippen LogP) is 2.97. The van der Waals surface area contributed by atoms with Gasteiger partial charge in [0, 0.05) is 30.8 Å². The summed E-state index contributed by atoms with van der Waals surface area (Å²) in [6.07, 6.45) is 5.10. The summed E-state index contributed by atoms with van der Waals surface area (Å²) in [6.45, 7) is 6.25. The average Bonchev–Trinajstić information content (AvgIpc) is 3.15. The van der Waals surface area contributed by atoms with Crippen molar-refractivity contribution < 1.29 is 4.52 Å². The first-order chi connectivity index (χ1) is 10.2. The van der Waals surface area contributed by atoms with Gasteiger partial charge in [-0.1, -0.05) is 25.1 Å². The zero-order valence-corrected chi connectivity index (χ0v) is 12.7. The van der Waals surface area contributed by atoms with E-state index in [1.807, 2.05) is 18.3 Å². The van der Waals surface area contributed by atoms with Crippen molar-refractivity contribution in [1.82, 2.24) is 20.0 Å². The second-order valence-electron chi connectivity index (χ2n) is 5.91. The van der Waals surface area contributed by atoms with Crippen molar-refractivity contribution in [2.75, 3.05) is 13.1 Å². The van der Waals surface area contributed by atoms with Gasteiger partial charge in [-0.15, -0.1) is 0 Å². The molecule has 0 saturated carbocycles. The van der Waals surface area contributed by atoms with E-state index >= 15 is 0 Å². The molecule has 112 valence electrons. The number of nitrogens with zero attached hydrogens (tertiary/aromatic N) is 4. The number of hydrogen-bond donors (Lipinski definition) is 0. The highest BCUT2D eigenvalue weighted by molar-refractivity contribution is 5.05. The summed E-state index contributed by atoms with van der Waals surface area (Å²) < 4.78 is 5.47. The lowest BCUT2D eigenvalue weighted by Crippen LogP contribution is -2.26. The molecule has 21 heavy (non-hydrogen) atoms. The minimum absolute atomic E-state index is 0.272. The molecule has 0 aliphatic carbocycles. The van der Waals surface area contributed by atoms with E-state index in [0.717, 1.165) is 43.3 Å². The molecule has 1 fully saturated rings. The van der Waals surface area contributed by atoms with Crippen molar-refractivity contribution in [3.05, 3.63) is 41.8 Å². The molecule has 1 saturated heterocycles. The minimum atomic E-state index is 0.272. The molecule has 0 aromatic carbocycles. The van der Waals surface area contributed by atoms with Crippen LogP contribution in [0.15, 0.2) is 28.9 Å². The Kier molecular flexibility index (Phi) is 4.29. The topological polar surface area (TPSA) is 55.1 Å². The molecule has 0 bridgehead atoms. The third kappa shape index (κ3) is 3.29. The highest BCUT2D eigenvalue weighted by atomic mass is 16.5. The number of rotatable bonds is 5. The Morgan fingerprint density at radius 3 is 3.00 bits per heavy atom. The standard InChI is InChI=1S/C16H22N4O/c1-12(2)15-18-16(21-19-15)14-7-5-10-20(14)11-8-13-6-3-4-9-17-13/h3-4,6,9,12,14H,5,7-8,10-11H2,1-2H3/t14-/m0/s1. The molecule has 2 aromatic rings. The van der Waals surface area contributed by atoms with Gasteiger partial charge in [0.05, 0.1) is 6.04 Å². The molecule has 0 unspecified atom stereocenters. The normalized spacial score (nSPS) is 19.5. The molecule has 0 radical (unpaired) electrons. The molecular weight excluding hydrogens is 264 g/mol. The van der Waals surface area contributed by atoms with E-state index < -0.39 is 0 Å². The second kappa shape index (κ2) is 6.35. The van der Waals surface area contributed by atoms with Gasteiger partial charge in [-0.25, -0.2) is 0 Å². The Morgan fingerprint density at radius 1 is 1.38 bits per heavy atom. The quantitative estimate of drug-likeness (QED) is 0.845. The fourth-order valence-electron chi connectivity index (χ4n) is 2.79. The van der Waals surface area contributed by atoms with Gasteiger partial charge in [-0.3, -0.25) is 9.88 Å². The molecule has 3 heterocycles. The van der Waals surface area contributed by atoms with Crippen molar-refractivity contribution in [1.29, 1.82) is 0 Å². The first-order valence-electron chi connectivity index (χ1n) is 7.71. The first-order valence-corrected chi connectivity index (χ1v) is 7.71. The van der Waals surface area contributed by atoms with Crippen LogP contribution in [-0.4, -0.2) is 33.1 Å². The van der Waals surface area contributed by atoms with Gasteiger partial charge in [0.1, 0.15) is 0 Å². The molecule has 2 aromatic heterocycles. The Labute approximate surface area is 125 Å². The predicted molar refractivity (Wildman–Crippen MR) is 79.9 cm³/mol. The molecule has 5 heteroatoms. The van der Waals surface area contributed by atoms with E-state index in [-0.39, 0.29) is 6.04 Å². The Bertz CT molecular complexity index is 567. The van der Waals surface area contributed by atoms with Crippen LogP contribution in [0.2, 0.25) is 0 Å². The maximum Gasteiger partial charge on any atom is 0.244 e. The lowest BCUT2D eigenvalue weighted by Gasteiger charge is -2.21. The summed E-state index contributed by atoms with van der Waals surface area (Å²) in [5.41, 5.74) is 1.14. The van der Waals surface area contributed by atoms with Gasteiger partial charge in [-0.05, 0) is 31.5 Å². The lowest BCUT2D eigenvalue weighted by molar-refractivity contribution is 0.209. The minimum Gasteiger partial charge on any atom is -0.338 e. The summed E-state index contributed by atoms with van der Waals surface area (Å²) in [4.78, 5) is 11.4. The number of aromatic nitrogens is 3. The van der Waals surface area contributed by atoms with E-state index in [9.17, 15) is 0 Å². The summed E-state index contributed by atoms with van der Waals surface area (Å²) >= 11 is 0. The van der Waals surface area contributed by atoms with E-state index in [0.29, 0.717) is 5.92 Å². The summed E-state index contributed by atoms with van der Waals surface area (Å²) in [6, 6.07) is 6.34. The molecule has 1 atom stereocenters. The van der Waals surface area contributed by atoms with Crippen LogP contribution in [0.25, 0.3) is 0 Å². The van der Waals surface area contributed by atoms with Crippen LogP contribution < -0.4 is 0 Å². The summed E-state index contributed by atoms with van der Waals surface area (Å²) in [7, 11) is 0. The Balaban J connectivity index is 1.64. The third-order valence-electron chi connectivity index (χ3n) is 4.00. The van der Waals surface area contributed by atoms with Gasteiger partial charge in [0.2, 0.25) is 5.89 Å². The number of pyridine rings is 1. The van der Waals surface area contributed by atoms with Crippen LogP contribution in [0.1, 0.15) is 56.1 Å². The van der Waals surface area contributed by atoms with Gasteiger partial charge >= 0.3 is 0 Å². The van der Waals surface area contributed by atoms with Gasteiger partial charge in [0.15, 0.2) is 5.82 Å².